The number of sulfonamides is 1. The van der Waals surface area contributed by atoms with Gasteiger partial charge in [-0.2, -0.15) is 4.68 Å². The van der Waals surface area contributed by atoms with Gasteiger partial charge >= 0.3 is 5.69 Å². The zero-order valence-electron chi connectivity index (χ0n) is 29.3. The quantitative estimate of drug-likeness (QED) is 0.111. The highest BCUT2D eigenvalue weighted by atomic mass is 35.5. The normalized spacial score (nSPS) is 11.4. The molecular weight excluding hydrogens is 721 g/mol. The van der Waals surface area contributed by atoms with E-state index in [1.165, 1.54) is 22.9 Å². The topological polar surface area (TPSA) is 132 Å². The molecule has 0 radical (unpaired) electrons. The Morgan fingerprint density at radius 1 is 0.827 bits per heavy atom. The summed E-state index contributed by atoms with van der Waals surface area (Å²) in [6, 6.07) is 23.4. The average Bonchev–Trinajstić information content (AvgIpc) is 3.44. The largest absolute Gasteiger partial charge is 0.351 e. The maximum Gasteiger partial charge on any atom is 0.351 e. The summed E-state index contributed by atoms with van der Waals surface area (Å²) in [5, 5.41) is 8.00. The molecule has 5 aromatic rings. The van der Waals surface area contributed by atoms with E-state index in [2.05, 4.69) is 10.0 Å². The molecule has 4 aromatic carbocycles. The van der Waals surface area contributed by atoms with E-state index >= 15 is 0 Å². The fraction of sp³-hybridized carbons (Fsp3) is 0.282. The molecule has 0 aliphatic carbocycles. The van der Waals surface area contributed by atoms with Crippen molar-refractivity contribution >= 4 is 50.7 Å². The van der Waals surface area contributed by atoms with Crippen molar-refractivity contribution < 1.29 is 18.0 Å². The van der Waals surface area contributed by atoms with Crippen LogP contribution in [0.25, 0.3) is 16.8 Å². The number of hydrogen-bond donors (Lipinski definition) is 2. The molecule has 0 unspecified atom stereocenters. The van der Waals surface area contributed by atoms with Crippen LogP contribution in [0.1, 0.15) is 80.2 Å². The monoisotopic (exact) mass is 761 g/mol. The summed E-state index contributed by atoms with van der Waals surface area (Å²) >= 11 is 12.8. The molecule has 13 heteroatoms. The number of hydrogen-bond acceptors (Lipinski definition) is 6. The Kier molecular flexibility index (Phi) is 12.7. The minimum absolute atomic E-state index is 0.0281. The van der Waals surface area contributed by atoms with Crippen LogP contribution >= 0.6 is 23.2 Å². The molecule has 0 spiro atoms. The lowest BCUT2D eigenvalue weighted by Gasteiger charge is -2.17. The van der Waals surface area contributed by atoms with E-state index in [9.17, 15) is 22.8 Å². The lowest BCUT2D eigenvalue weighted by atomic mass is 9.97. The van der Waals surface area contributed by atoms with E-state index in [1.807, 2.05) is 32.9 Å². The second-order valence-corrected chi connectivity index (χ2v) is 14.8. The Labute approximate surface area is 313 Å². The second-order valence-electron chi connectivity index (χ2n) is 12.4. The number of carbonyl (C=O) groups excluding carboxylic acids is 2. The van der Waals surface area contributed by atoms with Crippen molar-refractivity contribution in [3.05, 3.63) is 128 Å². The van der Waals surface area contributed by atoms with E-state index in [0.29, 0.717) is 53.2 Å². The van der Waals surface area contributed by atoms with Gasteiger partial charge in [-0.25, -0.2) is 17.9 Å². The zero-order chi connectivity index (χ0) is 37.4. The van der Waals surface area contributed by atoms with Crippen LogP contribution in [0.4, 0.5) is 5.69 Å². The molecule has 10 nitrogen and oxygen atoms in total. The molecule has 1 heterocycles. The molecule has 0 fully saturated rings. The predicted octanol–water partition coefficient (Wildman–Crippen LogP) is 8.21. The summed E-state index contributed by atoms with van der Waals surface area (Å²) in [6.07, 6.45) is 4.79. The summed E-state index contributed by atoms with van der Waals surface area (Å²) in [4.78, 5) is 39.7. The van der Waals surface area contributed by atoms with Crippen LogP contribution in [-0.4, -0.2) is 34.6 Å². The summed E-state index contributed by atoms with van der Waals surface area (Å²) < 4.78 is 32.7. The van der Waals surface area contributed by atoms with Gasteiger partial charge in [-0.1, -0.05) is 99.3 Å². The fourth-order valence-electron chi connectivity index (χ4n) is 5.80. The Balaban J connectivity index is 1.57. The lowest BCUT2D eigenvalue weighted by Crippen LogP contribution is -2.31. The van der Waals surface area contributed by atoms with E-state index < -0.39 is 21.6 Å². The number of rotatable bonds is 15. The van der Waals surface area contributed by atoms with Gasteiger partial charge in [0, 0.05) is 24.1 Å². The van der Waals surface area contributed by atoms with Crippen molar-refractivity contribution in [2.75, 3.05) is 5.32 Å². The molecule has 272 valence electrons. The molecule has 0 saturated heterocycles. The molecule has 2 N–H and O–H groups in total. The van der Waals surface area contributed by atoms with Crippen molar-refractivity contribution in [1.29, 1.82) is 0 Å². The van der Waals surface area contributed by atoms with Crippen molar-refractivity contribution in [2.45, 2.75) is 77.2 Å². The lowest BCUT2D eigenvalue weighted by molar-refractivity contribution is -0.116. The van der Waals surface area contributed by atoms with Crippen LogP contribution < -0.4 is 15.7 Å². The average molecular weight is 763 g/mol. The standard InChI is InChI=1S/C39H41Cl2N5O5S/c1-4-7-17-36-43-46(34-24-28(20-21-33(34)41)42-37(47)18-8-5-2)39(49)45(36)25-27-13-9-10-14-29(27)31-23-26(6-3)19-22-35(31)52(50,51)44-38(48)30-15-11-12-16-32(30)40/h9-16,19-24H,4-8,17-18,25H2,1-3H3,(H,42,47)(H,44,48). The van der Waals surface area contributed by atoms with Crippen LogP contribution in [0.3, 0.4) is 0 Å². The van der Waals surface area contributed by atoms with Crippen LogP contribution in [0, 0.1) is 0 Å². The molecule has 0 aliphatic heterocycles. The van der Waals surface area contributed by atoms with E-state index in [4.69, 9.17) is 28.3 Å². The smallest absolute Gasteiger partial charge is 0.326 e. The van der Waals surface area contributed by atoms with Crippen molar-refractivity contribution in [1.82, 2.24) is 19.1 Å². The summed E-state index contributed by atoms with van der Waals surface area (Å²) in [5.74, 6) is -0.463. The SMILES string of the molecule is CCCCC(=O)Nc1ccc(Cl)c(-n2nc(CCCC)n(Cc3ccccc3-c3cc(CC)ccc3S(=O)(=O)NC(=O)c3ccccc3Cl)c2=O)c1. The first kappa shape index (κ1) is 38.5. The highest BCUT2D eigenvalue weighted by Gasteiger charge is 2.26. The van der Waals surface area contributed by atoms with Gasteiger partial charge in [0.1, 0.15) is 5.82 Å². The molecule has 1 aromatic heterocycles. The highest BCUT2D eigenvalue weighted by molar-refractivity contribution is 7.90. The summed E-state index contributed by atoms with van der Waals surface area (Å²) in [7, 11) is -4.39. The minimum atomic E-state index is -4.39. The van der Waals surface area contributed by atoms with Gasteiger partial charge in [-0.15, -0.1) is 5.10 Å². The Hall–Kier alpha value is -4.71. The van der Waals surface area contributed by atoms with Crippen LogP contribution in [-0.2, 0) is 34.2 Å². The van der Waals surface area contributed by atoms with Gasteiger partial charge in [0.15, 0.2) is 0 Å². The second kappa shape index (κ2) is 17.2. The number of unbranched alkanes of at least 4 members (excludes halogenated alkanes) is 2. The van der Waals surface area contributed by atoms with Gasteiger partial charge in [0.05, 0.1) is 32.7 Å². The van der Waals surface area contributed by atoms with Gasteiger partial charge in [0.25, 0.3) is 15.9 Å². The minimum Gasteiger partial charge on any atom is -0.326 e. The number of benzene rings is 4. The number of amides is 2. The van der Waals surface area contributed by atoms with Crippen molar-refractivity contribution in [3.8, 4) is 16.8 Å². The molecule has 2 amide bonds. The van der Waals surface area contributed by atoms with E-state index in [1.54, 1.807) is 59.2 Å². The molecular formula is C39H41Cl2N5O5S. The molecule has 5 rings (SSSR count). The number of carbonyl (C=O) groups is 2. The van der Waals surface area contributed by atoms with Gasteiger partial charge in [0.2, 0.25) is 5.91 Å². The molecule has 0 atom stereocenters. The third kappa shape index (κ3) is 8.83. The maximum atomic E-state index is 14.2. The van der Waals surface area contributed by atoms with Gasteiger partial charge in [-0.05, 0) is 78.4 Å². The number of aryl methyl sites for hydroxylation is 2. The highest BCUT2D eigenvalue weighted by Crippen LogP contribution is 2.33. The van der Waals surface area contributed by atoms with Crippen molar-refractivity contribution in [2.24, 2.45) is 0 Å². The number of halogens is 2. The number of nitrogens with one attached hydrogen (secondary N) is 2. The van der Waals surface area contributed by atoms with Crippen LogP contribution in [0.5, 0.6) is 0 Å². The number of anilines is 1. The Morgan fingerprint density at radius 3 is 2.29 bits per heavy atom. The summed E-state index contributed by atoms with van der Waals surface area (Å²) in [5.41, 5.74) is 2.88. The van der Waals surface area contributed by atoms with Crippen LogP contribution in [0.15, 0.2) is 94.6 Å². The molecule has 52 heavy (non-hydrogen) atoms. The van der Waals surface area contributed by atoms with Gasteiger partial charge in [-0.3, -0.25) is 14.2 Å². The number of nitrogens with zero attached hydrogens (tertiary/aromatic N) is 3. The zero-order valence-corrected chi connectivity index (χ0v) is 31.6. The first-order valence-electron chi connectivity index (χ1n) is 17.3. The first-order chi connectivity index (χ1) is 25.0. The molecule has 0 aliphatic rings. The van der Waals surface area contributed by atoms with Gasteiger partial charge < -0.3 is 5.32 Å². The Bertz CT molecular complexity index is 2270. The fourth-order valence-corrected chi connectivity index (χ4v) is 7.39. The van der Waals surface area contributed by atoms with E-state index in [0.717, 1.165) is 31.2 Å². The molecule has 0 saturated carbocycles. The third-order valence-electron chi connectivity index (χ3n) is 8.63. The summed E-state index contributed by atoms with van der Waals surface area (Å²) in [6.45, 7) is 6.09. The Morgan fingerprint density at radius 2 is 1.56 bits per heavy atom. The van der Waals surface area contributed by atoms with Crippen molar-refractivity contribution in [3.63, 3.8) is 0 Å². The maximum absolute atomic E-state index is 14.2. The predicted molar refractivity (Wildman–Crippen MR) is 206 cm³/mol. The first-order valence-corrected chi connectivity index (χ1v) is 19.5. The number of aromatic nitrogens is 3. The van der Waals surface area contributed by atoms with Crippen LogP contribution in [0.2, 0.25) is 10.0 Å². The molecule has 0 bridgehead atoms. The van der Waals surface area contributed by atoms with E-state index in [-0.39, 0.29) is 33.0 Å². The third-order valence-corrected chi connectivity index (χ3v) is 10.7.